The average molecular weight is 345 g/mol. The van der Waals surface area contributed by atoms with Gasteiger partial charge in [-0.15, -0.1) is 0 Å². The number of amides is 1. The van der Waals surface area contributed by atoms with Crippen LogP contribution < -0.4 is 0 Å². The van der Waals surface area contributed by atoms with E-state index >= 15 is 0 Å². The molecule has 0 bridgehead atoms. The van der Waals surface area contributed by atoms with Crippen LogP contribution in [0.5, 0.6) is 0 Å². The molecule has 0 saturated carbocycles. The fourth-order valence-electron chi connectivity index (χ4n) is 3.42. The van der Waals surface area contributed by atoms with Crippen LogP contribution in [0.2, 0.25) is 0 Å². The summed E-state index contributed by atoms with van der Waals surface area (Å²) in [4.78, 5) is 31.2. The van der Waals surface area contributed by atoms with Crippen molar-refractivity contribution in [2.75, 3.05) is 13.1 Å². The fourth-order valence-corrected chi connectivity index (χ4v) is 3.42. The van der Waals surface area contributed by atoms with Gasteiger partial charge < -0.3 is 4.90 Å². The summed E-state index contributed by atoms with van der Waals surface area (Å²) in [6.45, 7) is 1.60. The zero-order valence-electron chi connectivity index (χ0n) is 13.8. The monoisotopic (exact) mass is 345 g/mol. The molecule has 0 atom stereocenters. The number of hydrogen-bond donors (Lipinski definition) is 1. The minimum absolute atomic E-state index is 0.0243. The van der Waals surface area contributed by atoms with Crippen molar-refractivity contribution in [3.8, 4) is 0 Å². The first-order chi connectivity index (χ1) is 12.8. The lowest BCUT2D eigenvalue weighted by atomic mass is 9.73. The van der Waals surface area contributed by atoms with Crippen LogP contribution in [0.15, 0.2) is 43.3 Å². The number of carbonyl (C=O) groups is 1. The molecule has 3 aromatic rings. The molecule has 3 aromatic heterocycles. The third kappa shape index (κ3) is 2.22. The lowest BCUT2D eigenvalue weighted by Crippen LogP contribution is -2.33. The van der Waals surface area contributed by atoms with Crippen molar-refractivity contribution in [3.63, 3.8) is 0 Å². The summed E-state index contributed by atoms with van der Waals surface area (Å²) >= 11 is 0. The summed E-state index contributed by atoms with van der Waals surface area (Å²) in [7, 11) is 0. The molecule has 1 saturated heterocycles. The van der Waals surface area contributed by atoms with Gasteiger partial charge in [-0.1, -0.05) is 12.2 Å². The molecule has 0 radical (unpaired) electrons. The highest BCUT2D eigenvalue weighted by atomic mass is 16.2. The normalized spacial score (nSPS) is 17.0. The number of hydrogen-bond acceptors (Lipinski definition) is 6. The molecule has 2 aliphatic rings. The first-order valence-corrected chi connectivity index (χ1v) is 8.37. The van der Waals surface area contributed by atoms with Crippen molar-refractivity contribution in [1.82, 2.24) is 35.0 Å². The summed E-state index contributed by atoms with van der Waals surface area (Å²) in [6, 6.07) is 3.77. The van der Waals surface area contributed by atoms with Crippen LogP contribution >= 0.6 is 0 Å². The molecular formula is C18H15N7O. The van der Waals surface area contributed by atoms with Crippen LogP contribution in [0.1, 0.15) is 33.1 Å². The van der Waals surface area contributed by atoms with Crippen molar-refractivity contribution >= 4 is 12.0 Å². The van der Waals surface area contributed by atoms with E-state index in [1.54, 1.807) is 17.3 Å². The Morgan fingerprint density at radius 2 is 1.77 bits per heavy atom. The highest BCUT2D eigenvalue weighted by Gasteiger charge is 2.40. The smallest absolute Gasteiger partial charge is 0.275 e. The lowest BCUT2D eigenvalue weighted by molar-refractivity contribution is 0.0880. The van der Waals surface area contributed by atoms with Gasteiger partial charge in [-0.3, -0.25) is 9.89 Å². The zero-order valence-corrected chi connectivity index (χ0v) is 13.8. The van der Waals surface area contributed by atoms with E-state index in [9.17, 15) is 4.79 Å². The Hall–Kier alpha value is -3.42. The van der Waals surface area contributed by atoms with Gasteiger partial charge in [0.15, 0.2) is 5.69 Å². The van der Waals surface area contributed by atoms with Crippen LogP contribution in [-0.2, 0) is 11.8 Å². The summed E-state index contributed by atoms with van der Waals surface area (Å²) < 4.78 is 0. The van der Waals surface area contributed by atoms with Gasteiger partial charge in [0.25, 0.3) is 5.91 Å². The third-order valence-electron chi connectivity index (χ3n) is 4.89. The molecule has 0 spiro atoms. The molecule has 1 fully saturated rings. The van der Waals surface area contributed by atoms with Crippen molar-refractivity contribution in [2.45, 2.75) is 11.8 Å². The second-order valence-corrected chi connectivity index (χ2v) is 6.43. The van der Waals surface area contributed by atoms with Crippen molar-refractivity contribution in [1.29, 1.82) is 0 Å². The molecule has 4 heterocycles. The Kier molecular flexibility index (Phi) is 3.18. The number of allylic oxidation sites excluding steroid dienone is 1. The summed E-state index contributed by atoms with van der Waals surface area (Å²) in [5.41, 5.74) is 3.33. The van der Waals surface area contributed by atoms with Gasteiger partial charge in [-0.25, -0.2) is 19.9 Å². The van der Waals surface area contributed by atoms with E-state index in [4.69, 9.17) is 0 Å². The first kappa shape index (κ1) is 14.9. The predicted molar refractivity (Wildman–Crippen MR) is 92.1 cm³/mol. The van der Waals surface area contributed by atoms with Gasteiger partial charge in [0.2, 0.25) is 0 Å². The first-order valence-electron chi connectivity index (χ1n) is 8.37. The molecule has 8 heteroatoms. The standard InChI is InChI=1S/C18H15N7O/c26-17(25-7-8-25)16-12-1-4-18(9-13(12)23-24-16,14-2-5-19-10-21-14)15-3-6-20-11-22-15/h1-6,10-11H,7-9H2,(H,23,24). The van der Waals surface area contributed by atoms with Crippen LogP contribution in [-0.4, -0.2) is 54.0 Å². The number of nitrogens with one attached hydrogen (secondary N) is 1. The second kappa shape index (κ2) is 5.55. The number of aromatic nitrogens is 6. The summed E-state index contributed by atoms with van der Waals surface area (Å²) in [5.74, 6) is -0.0243. The van der Waals surface area contributed by atoms with Crippen LogP contribution in [0.3, 0.4) is 0 Å². The average Bonchev–Trinajstić information content (AvgIpc) is 3.48. The van der Waals surface area contributed by atoms with Crippen molar-refractivity contribution in [2.24, 2.45) is 0 Å². The van der Waals surface area contributed by atoms with E-state index < -0.39 is 5.41 Å². The maximum Gasteiger partial charge on any atom is 0.275 e. The Morgan fingerprint density at radius 1 is 1.08 bits per heavy atom. The summed E-state index contributed by atoms with van der Waals surface area (Å²) in [6.07, 6.45) is 11.1. The fraction of sp³-hybridized carbons (Fsp3) is 0.222. The number of carbonyl (C=O) groups excluding carboxylic acids is 1. The van der Waals surface area contributed by atoms with E-state index in [2.05, 4.69) is 36.2 Å². The van der Waals surface area contributed by atoms with E-state index in [1.165, 1.54) is 12.7 Å². The minimum Gasteiger partial charge on any atom is -0.334 e. The van der Waals surface area contributed by atoms with Gasteiger partial charge in [-0.2, -0.15) is 5.10 Å². The lowest BCUT2D eigenvalue weighted by Gasteiger charge is -2.31. The number of fused-ring (bicyclic) bond motifs is 1. The van der Waals surface area contributed by atoms with Gasteiger partial charge in [0.05, 0.1) is 16.8 Å². The molecule has 1 aliphatic carbocycles. The topological polar surface area (TPSA) is 100 Å². The largest absolute Gasteiger partial charge is 0.334 e. The third-order valence-corrected chi connectivity index (χ3v) is 4.89. The van der Waals surface area contributed by atoms with Gasteiger partial charge >= 0.3 is 0 Å². The van der Waals surface area contributed by atoms with Crippen LogP contribution in [0.25, 0.3) is 6.08 Å². The van der Waals surface area contributed by atoms with E-state index in [0.29, 0.717) is 12.1 Å². The molecule has 1 amide bonds. The number of nitrogens with zero attached hydrogens (tertiary/aromatic N) is 6. The highest BCUT2D eigenvalue weighted by molar-refractivity contribution is 5.97. The van der Waals surface area contributed by atoms with Gasteiger partial charge in [0.1, 0.15) is 12.7 Å². The maximum atomic E-state index is 12.4. The molecule has 26 heavy (non-hydrogen) atoms. The molecule has 1 aliphatic heterocycles. The maximum absolute atomic E-state index is 12.4. The second-order valence-electron chi connectivity index (χ2n) is 6.43. The SMILES string of the molecule is O=C(c1n[nH]c2c1C=CC(c1ccncn1)(c1ccncn1)C2)N1CC1. The van der Waals surface area contributed by atoms with Crippen LogP contribution in [0.4, 0.5) is 0 Å². The summed E-state index contributed by atoms with van der Waals surface area (Å²) in [5, 5.41) is 7.33. The molecule has 128 valence electrons. The Labute approximate surface area is 149 Å². The number of H-pyrrole nitrogens is 1. The molecule has 1 N–H and O–H groups in total. The quantitative estimate of drug-likeness (QED) is 0.711. The predicted octanol–water partition coefficient (Wildman–Crippen LogP) is 1.00. The molecular weight excluding hydrogens is 330 g/mol. The molecule has 8 nitrogen and oxygen atoms in total. The zero-order chi connectivity index (χ0) is 17.6. The number of rotatable bonds is 3. The van der Waals surface area contributed by atoms with E-state index in [1.807, 2.05) is 18.2 Å². The molecule has 0 unspecified atom stereocenters. The van der Waals surface area contributed by atoms with E-state index in [0.717, 1.165) is 35.7 Å². The highest BCUT2D eigenvalue weighted by Crippen LogP contribution is 2.39. The van der Waals surface area contributed by atoms with Gasteiger partial charge in [0, 0.05) is 43.2 Å². The molecule has 0 aromatic carbocycles. The Morgan fingerprint density at radius 3 is 2.35 bits per heavy atom. The number of aromatic amines is 1. The van der Waals surface area contributed by atoms with Crippen molar-refractivity contribution in [3.05, 3.63) is 71.6 Å². The van der Waals surface area contributed by atoms with Gasteiger partial charge in [-0.05, 0) is 12.1 Å². The van der Waals surface area contributed by atoms with Crippen molar-refractivity contribution < 1.29 is 4.79 Å². The minimum atomic E-state index is -0.564. The Bertz CT molecular complexity index is 953. The van der Waals surface area contributed by atoms with E-state index in [-0.39, 0.29) is 5.91 Å². The Balaban J connectivity index is 1.63. The van der Waals surface area contributed by atoms with Crippen LogP contribution in [0, 0.1) is 0 Å². The molecule has 5 rings (SSSR count).